The number of carbonyl (C=O) groups is 4. The molecule has 124 valence electrons. The number of likely N-dealkylation sites (N-methyl/N-ethyl adjacent to an activating group) is 1. The fourth-order valence-corrected chi connectivity index (χ4v) is 1.46. The summed E-state index contributed by atoms with van der Waals surface area (Å²) in [5.74, 6) is -1.24. The summed E-state index contributed by atoms with van der Waals surface area (Å²) in [5.41, 5.74) is 0.490. The molecule has 0 atom stereocenters. The van der Waals surface area contributed by atoms with Gasteiger partial charge in [0.2, 0.25) is 5.91 Å². The first-order valence-electron chi connectivity index (χ1n) is 6.92. The van der Waals surface area contributed by atoms with Gasteiger partial charge in [-0.3, -0.25) is 14.4 Å². The van der Waals surface area contributed by atoms with Gasteiger partial charge in [0.1, 0.15) is 12.0 Å². The molecule has 0 bridgehead atoms. The fourth-order valence-electron chi connectivity index (χ4n) is 1.46. The van der Waals surface area contributed by atoms with Gasteiger partial charge >= 0.3 is 5.97 Å². The van der Waals surface area contributed by atoms with Crippen LogP contribution >= 0.6 is 0 Å². The Hall–Kier alpha value is -2.90. The smallest absolute Gasteiger partial charge is 0.344 e. The van der Waals surface area contributed by atoms with Gasteiger partial charge < -0.3 is 20.1 Å². The van der Waals surface area contributed by atoms with E-state index in [2.05, 4.69) is 10.6 Å². The molecule has 0 aliphatic carbocycles. The van der Waals surface area contributed by atoms with Crippen molar-refractivity contribution in [2.45, 2.75) is 6.92 Å². The molecule has 0 saturated carbocycles. The van der Waals surface area contributed by atoms with E-state index in [0.717, 1.165) is 0 Å². The van der Waals surface area contributed by atoms with Crippen molar-refractivity contribution in [3.63, 3.8) is 0 Å². The van der Waals surface area contributed by atoms with Gasteiger partial charge in [-0.2, -0.15) is 0 Å². The Morgan fingerprint density at radius 3 is 2.35 bits per heavy atom. The van der Waals surface area contributed by atoms with Crippen molar-refractivity contribution in [2.75, 3.05) is 26.3 Å². The number of hydrogen-bond acceptors (Lipinski definition) is 6. The Morgan fingerprint density at radius 1 is 1.04 bits per heavy atom. The quantitative estimate of drug-likeness (QED) is 0.476. The number of hydrogen-bond donors (Lipinski definition) is 2. The number of amides is 2. The second-order valence-electron chi connectivity index (χ2n) is 4.37. The molecule has 8 nitrogen and oxygen atoms in total. The first kappa shape index (κ1) is 18.1. The van der Waals surface area contributed by atoms with Gasteiger partial charge in [0, 0.05) is 12.1 Å². The molecular weight excluding hydrogens is 304 g/mol. The summed E-state index contributed by atoms with van der Waals surface area (Å²) in [6, 6.07) is 6.16. The van der Waals surface area contributed by atoms with Gasteiger partial charge in [0.15, 0.2) is 13.2 Å². The van der Waals surface area contributed by atoms with Crippen LogP contribution in [0.5, 0.6) is 5.75 Å². The predicted octanol–water partition coefficient (Wildman–Crippen LogP) is -0.327. The maximum atomic E-state index is 11.4. The van der Waals surface area contributed by atoms with E-state index in [4.69, 9.17) is 9.47 Å². The van der Waals surface area contributed by atoms with Crippen molar-refractivity contribution >= 4 is 24.1 Å². The van der Waals surface area contributed by atoms with Crippen LogP contribution in [0.2, 0.25) is 0 Å². The summed E-state index contributed by atoms with van der Waals surface area (Å²) in [5, 5.41) is 4.82. The highest BCUT2D eigenvalue weighted by molar-refractivity contribution is 5.86. The lowest BCUT2D eigenvalue weighted by atomic mass is 10.2. The van der Waals surface area contributed by atoms with Gasteiger partial charge in [-0.25, -0.2) is 4.79 Å². The molecule has 1 rings (SSSR count). The Balaban J connectivity index is 2.21. The molecular formula is C15H18N2O6. The van der Waals surface area contributed by atoms with E-state index in [-0.39, 0.29) is 19.1 Å². The van der Waals surface area contributed by atoms with Gasteiger partial charge in [-0.1, -0.05) is 0 Å². The van der Waals surface area contributed by atoms with E-state index in [1.807, 2.05) is 0 Å². The third kappa shape index (κ3) is 7.60. The molecule has 0 spiro atoms. The number of nitrogens with one attached hydrogen (secondary N) is 2. The largest absolute Gasteiger partial charge is 0.482 e. The summed E-state index contributed by atoms with van der Waals surface area (Å²) < 4.78 is 9.84. The van der Waals surface area contributed by atoms with Crippen LogP contribution in [-0.4, -0.2) is 50.4 Å². The Labute approximate surface area is 133 Å². The second-order valence-corrected chi connectivity index (χ2v) is 4.37. The fraction of sp³-hybridized carbons (Fsp3) is 0.333. The monoisotopic (exact) mass is 322 g/mol. The summed E-state index contributed by atoms with van der Waals surface area (Å²) in [4.78, 5) is 44.4. The predicted molar refractivity (Wildman–Crippen MR) is 80.0 cm³/mol. The molecule has 0 aliphatic rings. The molecule has 2 N–H and O–H groups in total. The summed E-state index contributed by atoms with van der Waals surface area (Å²) in [7, 11) is 0. The molecule has 0 aliphatic heterocycles. The third-order valence-electron chi connectivity index (χ3n) is 2.56. The molecule has 2 amide bonds. The van der Waals surface area contributed by atoms with Crippen molar-refractivity contribution in [3.8, 4) is 5.75 Å². The van der Waals surface area contributed by atoms with E-state index < -0.39 is 18.5 Å². The average Bonchev–Trinajstić information content (AvgIpc) is 2.57. The minimum Gasteiger partial charge on any atom is -0.482 e. The van der Waals surface area contributed by atoms with E-state index in [1.165, 1.54) is 12.1 Å². The third-order valence-corrected chi connectivity index (χ3v) is 2.56. The van der Waals surface area contributed by atoms with Gasteiger partial charge in [-0.05, 0) is 31.2 Å². The molecule has 0 fully saturated rings. The van der Waals surface area contributed by atoms with Crippen LogP contribution in [0.15, 0.2) is 24.3 Å². The minimum atomic E-state index is -0.724. The lowest BCUT2D eigenvalue weighted by Crippen LogP contribution is -2.38. The maximum Gasteiger partial charge on any atom is 0.344 e. The van der Waals surface area contributed by atoms with Crippen LogP contribution in [-0.2, 0) is 19.1 Å². The maximum absolute atomic E-state index is 11.4. The average molecular weight is 322 g/mol. The first-order chi connectivity index (χ1) is 11.0. The van der Waals surface area contributed by atoms with E-state index in [1.54, 1.807) is 19.1 Å². The van der Waals surface area contributed by atoms with Crippen LogP contribution in [0.3, 0.4) is 0 Å². The van der Waals surface area contributed by atoms with Gasteiger partial charge in [0.05, 0.1) is 6.54 Å². The Kier molecular flexibility index (Phi) is 7.84. The molecule has 0 heterocycles. The number of aldehydes is 1. The molecule has 0 aromatic heterocycles. The lowest BCUT2D eigenvalue weighted by molar-refractivity contribution is -0.150. The van der Waals surface area contributed by atoms with Crippen molar-refractivity contribution < 1.29 is 28.7 Å². The zero-order valence-electron chi connectivity index (χ0n) is 12.7. The number of ether oxygens (including phenoxy) is 2. The van der Waals surface area contributed by atoms with Crippen LogP contribution in [0.25, 0.3) is 0 Å². The highest BCUT2D eigenvalue weighted by Gasteiger charge is 2.09. The topological polar surface area (TPSA) is 111 Å². The summed E-state index contributed by atoms with van der Waals surface area (Å²) in [6.07, 6.45) is 0.692. The summed E-state index contributed by atoms with van der Waals surface area (Å²) >= 11 is 0. The van der Waals surface area contributed by atoms with Gasteiger partial charge in [0.25, 0.3) is 5.91 Å². The Morgan fingerprint density at radius 2 is 1.74 bits per heavy atom. The zero-order chi connectivity index (χ0) is 17.1. The molecule has 1 aromatic carbocycles. The normalized spacial score (nSPS) is 9.61. The Bertz CT molecular complexity index is 556. The standard InChI is InChI=1S/C15H18N2O6/c1-2-16-13(19)7-17-14(20)9-23-15(21)10-22-12-5-3-11(8-18)4-6-12/h3-6,8H,2,7,9-10H2,1H3,(H,16,19)(H,17,20). The van der Waals surface area contributed by atoms with Crippen LogP contribution in [0.1, 0.15) is 17.3 Å². The number of rotatable bonds is 9. The van der Waals surface area contributed by atoms with Crippen molar-refractivity contribution in [2.24, 2.45) is 0 Å². The molecule has 0 saturated heterocycles. The number of benzene rings is 1. The highest BCUT2D eigenvalue weighted by atomic mass is 16.6. The minimum absolute atomic E-state index is 0.177. The number of carbonyl (C=O) groups excluding carboxylic acids is 4. The van der Waals surface area contributed by atoms with Crippen LogP contribution in [0.4, 0.5) is 0 Å². The molecule has 0 unspecified atom stereocenters. The van der Waals surface area contributed by atoms with Crippen LogP contribution in [0, 0.1) is 0 Å². The zero-order valence-corrected chi connectivity index (χ0v) is 12.7. The molecule has 8 heteroatoms. The van der Waals surface area contributed by atoms with Gasteiger partial charge in [-0.15, -0.1) is 0 Å². The SMILES string of the molecule is CCNC(=O)CNC(=O)COC(=O)COc1ccc(C=O)cc1. The highest BCUT2D eigenvalue weighted by Crippen LogP contribution is 2.10. The van der Waals surface area contributed by atoms with Crippen molar-refractivity contribution in [1.82, 2.24) is 10.6 Å². The first-order valence-corrected chi connectivity index (χ1v) is 6.92. The van der Waals surface area contributed by atoms with E-state index >= 15 is 0 Å². The summed E-state index contributed by atoms with van der Waals surface area (Å²) in [6.45, 7) is 1.18. The van der Waals surface area contributed by atoms with Crippen molar-refractivity contribution in [1.29, 1.82) is 0 Å². The van der Waals surface area contributed by atoms with E-state index in [0.29, 0.717) is 24.1 Å². The lowest BCUT2D eigenvalue weighted by Gasteiger charge is -2.08. The molecule has 1 aromatic rings. The van der Waals surface area contributed by atoms with Crippen molar-refractivity contribution in [3.05, 3.63) is 29.8 Å². The van der Waals surface area contributed by atoms with Crippen LogP contribution < -0.4 is 15.4 Å². The number of esters is 1. The van der Waals surface area contributed by atoms with E-state index in [9.17, 15) is 19.2 Å². The molecule has 0 radical (unpaired) electrons. The molecule has 23 heavy (non-hydrogen) atoms. The second kappa shape index (κ2) is 9.93.